The number of nitrogens with one attached hydrogen (secondary N) is 1. The van der Waals surface area contributed by atoms with Crippen molar-refractivity contribution in [3.8, 4) is 11.3 Å². The van der Waals surface area contributed by atoms with Crippen molar-refractivity contribution in [3.63, 3.8) is 0 Å². The number of hydrogen-bond acceptors (Lipinski definition) is 4. The number of aromatic nitrogens is 2. The second kappa shape index (κ2) is 5.87. The molecule has 1 unspecified atom stereocenters. The molecule has 0 amide bonds. The first-order chi connectivity index (χ1) is 9.72. The van der Waals surface area contributed by atoms with Gasteiger partial charge in [0.05, 0.1) is 17.4 Å². The van der Waals surface area contributed by atoms with Crippen LogP contribution in [0.1, 0.15) is 11.7 Å². The highest BCUT2D eigenvalue weighted by atomic mass is 35.5. The quantitative estimate of drug-likeness (QED) is 0.921. The van der Waals surface area contributed by atoms with Crippen LogP contribution < -0.4 is 5.32 Å². The molecule has 1 atom stereocenters. The summed E-state index contributed by atoms with van der Waals surface area (Å²) in [6.45, 7) is 3.02. The first kappa shape index (κ1) is 13.5. The molecule has 1 aliphatic heterocycles. The Bertz CT molecular complexity index is 602. The summed E-state index contributed by atoms with van der Waals surface area (Å²) in [6, 6.07) is 10.0. The number of likely N-dealkylation sites (N-methyl/N-ethyl adjacent to an activating group) is 1. The summed E-state index contributed by atoms with van der Waals surface area (Å²) in [5.41, 5.74) is 2.96. The molecule has 2 aromatic rings. The SMILES string of the molecule is CN1CCNC(c2cc(-c3cccc(Cl)c3)ncn2)C1. The summed E-state index contributed by atoms with van der Waals surface area (Å²) in [6.07, 6.45) is 1.63. The lowest BCUT2D eigenvalue weighted by Gasteiger charge is -2.30. The first-order valence-electron chi connectivity index (χ1n) is 6.72. The van der Waals surface area contributed by atoms with Gasteiger partial charge in [-0.1, -0.05) is 23.7 Å². The number of piperazine rings is 1. The van der Waals surface area contributed by atoms with Gasteiger partial charge in [-0.2, -0.15) is 0 Å². The Hall–Kier alpha value is -1.49. The molecule has 0 spiro atoms. The van der Waals surface area contributed by atoms with Gasteiger partial charge in [-0.3, -0.25) is 0 Å². The molecule has 20 heavy (non-hydrogen) atoms. The van der Waals surface area contributed by atoms with Crippen LogP contribution in [0.5, 0.6) is 0 Å². The van der Waals surface area contributed by atoms with E-state index in [0.29, 0.717) is 0 Å². The maximum Gasteiger partial charge on any atom is 0.116 e. The predicted octanol–water partition coefficient (Wildman–Crippen LogP) is 2.37. The third-order valence-corrected chi connectivity index (χ3v) is 3.78. The van der Waals surface area contributed by atoms with Gasteiger partial charge < -0.3 is 10.2 Å². The van der Waals surface area contributed by atoms with E-state index in [1.54, 1.807) is 6.33 Å². The number of rotatable bonds is 2. The Morgan fingerprint density at radius 1 is 1.30 bits per heavy atom. The van der Waals surface area contributed by atoms with Crippen molar-refractivity contribution in [1.82, 2.24) is 20.2 Å². The molecule has 4 nitrogen and oxygen atoms in total. The minimum absolute atomic E-state index is 0.259. The van der Waals surface area contributed by atoms with E-state index in [2.05, 4.69) is 27.2 Å². The molecule has 1 fully saturated rings. The van der Waals surface area contributed by atoms with E-state index < -0.39 is 0 Å². The Balaban J connectivity index is 1.89. The van der Waals surface area contributed by atoms with Crippen LogP contribution in [0.25, 0.3) is 11.3 Å². The zero-order chi connectivity index (χ0) is 13.9. The summed E-state index contributed by atoms with van der Waals surface area (Å²) < 4.78 is 0. The first-order valence-corrected chi connectivity index (χ1v) is 7.10. The molecule has 3 rings (SSSR count). The van der Waals surface area contributed by atoms with Crippen molar-refractivity contribution in [2.75, 3.05) is 26.7 Å². The van der Waals surface area contributed by atoms with E-state index >= 15 is 0 Å². The largest absolute Gasteiger partial charge is 0.306 e. The highest BCUT2D eigenvalue weighted by Gasteiger charge is 2.19. The summed E-state index contributed by atoms with van der Waals surface area (Å²) in [4.78, 5) is 11.1. The molecule has 1 aliphatic rings. The van der Waals surface area contributed by atoms with E-state index in [1.807, 2.05) is 30.3 Å². The van der Waals surface area contributed by atoms with Crippen molar-refractivity contribution in [1.29, 1.82) is 0 Å². The number of benzene rings is 1. The van der Waals surface area contributed by atoms with Crippen LogP contribution in [-0.2, 0) is 0 Å². The number of halogens is 1. The predicted molar refractivity (Wildman–Crippen MR) is 80.7 cm³/mol. The second-order valence-electron chi connectivity index (χ2n) is 5.11. The van der Waals surface area contributed by atoms with Gasteiger partial charge in [0, 0.05) is 30.2 Å². The molecule has 1 N–H and O–H groups in total. The minimum atomic E-state index is 0.259. The molecular weight excluding hydrogens is 272 g/mol. The fraction of sp³-hybridized carbons (Fsp3) is 0.333. The van der Waals surface area contributed by atoms with Crippen molar-refractivity contribution in [2.24, 2.45) is 0 Å². The monoisotopic (exact) mass is 288 g/mol. The van der Waals surface area contributed by atoms with Crippen LogP contribution in [0.3, 0.4) is 0 Å². The molecule has 0 bridgehead atoms. The van der Waals surface area contributed by atoms with Gasteiger partial charge in [-0.05, 0) is 25.2 Å². The fourth-order valence-electron chi connectivity index (χ4n) is 2.46. The Labute approximate surface area is 123 Å². The van der Waals surface area contributed by atoms with E-state index in [1.165, 1.54) is 0 Å². The Morgan fingerprint density at radius 3 is 3.00 bits per heavy atom. The van der Waals surface area contributed by atoms with E-state index in [-0.39, 0.29) is 6.04 Å². The van der Waals surface area contributed by atoms with Crippen molar-refractivity contribution >= 4 is 11.6 Å². The van der Waals surface area contributed by atoms with Crippen molar-refractivity contribution in [3.05, 3.63) is 47.4 Å². The summed E-state index contributed by atoms with van der Waals surface area (Å²) in [5, 5.41) is 4.22. The average molecular weight is 289 g/mol. The number of hydrogen-bond donors (Lipinski definition) is 1. The van der Waals surface area contributed by atoms with Crippen LogP contribution >= 0.6 is 11.6 Å². The molecular formula is C15H17ClN4. The highest BCUT2D eigenvalue weighted by Crippen LogP contribution is 2.23. The standard InChI is InChI=1S/C15H17ClN4/c1-20-6-5-17-15(9-20)14-8-13(18-10-19-14)11-3-2-4-12(16)7-11/h2-4,7-8,10,15,17H,5-6,9H2,1H3. The van der Waals surface area contributed by atoms with Crippen molar-refractivity contribution in [2.45, 2.75) is 6.04 Å². The zero-order valence-electron chi connectivity index (χ0n) is 11.4. The van der Waals surface area contributed by atoms with Crippen LogP contribution in [-0.4, -0.2) is 41.5 Å². The van der Waals surface area contributed by atoms with Gasteiger partial charge >= 0.3 is 0 Å². The molecule has 2 heterocycles. The molecule has 0 aliphatic carbocycles. The molecule has 104 valence electrons. The summed E-state index contributed by atoms with van der Waals surface area (Å²) >= 11 is 6.04. The van der Waals surface area contributed by atoms with Crippen LogP contribution in [0.2, 0.25) is 5.02 Å². The van der Waals surface area contributed by atoms with Crippen LogP contribution in [0.4, 0.5) is 0 Å². The van der Waals surface area contributed by atoms with Crippen molar-refractivity contribution < 1.29 is 0 Å². The molecule has 0 radical (unpaired) electrons. The average Bonchev–Trinajstić information content (AvgIpc) is 2.47. The smallest absolute Gasteiger partial charge is 0.116 e. The van der Waals surface area contributed by atoms with Gasteiger partial charge in [0.15, 0.2) is 0 Å². The van der Waals surface area contributed by atoms with E-state index in [4.69, 9.17) is 11.6 Å². The van der Waals surface area contributed by atoms with Gasteiger partial charge in [-0.25, -0.2) is 9.97 Å². The number of nitrogens with zero attached hydrogens (tertiary/aromatic N) is 3. The molecule has 1 aromatic heterocycles. The molecule has 0 saturated carbocycles. The lowest BCUT2D eigenvalue weighted by atomic mass is 10.1. The molecule has 1 saturated heterocycles. The van der Waals surface area contributed by atoms with E-state index in [0.717, 1.165) is 41.6 Å². The molecule has 5 heteroatoms. The summed E-state index contributed by atoms with van der Waals surface area (Å²) in [7, 11) is 2.13. The normalized spacial score (nSPS) is 20.0. The van der Waals surface area contributed by atoms with Gasteiger partial charge in [0.2, 0.25) is 0 Å². The third kappa shape index (κ3) is 2.98. The highest BCUT2D eigenvalue weighted by molar-refractivity contribution is 6.30. The van der Waals surface area contributed by atoms with Gasteiger partial charge in [0.25, 0.3) is 0 Å². The fourth-order valence-corrected chi connectivity index (χ4v) is 2.65. The Kier molecular flexibility index (Phi) is 3.96. The lowest BCUT2D eigenvalue weighted by molar-refractivity contribution is 0.238. The van der Waals surface area contributed by atoms with Gasteiger partial charge in [-0.15, -0.1) is 0 Å². The third-order valence-electron chi connectivity index (χ3n) is 3.54. The minimum Gasteiger partial charge on any atom is -0.306 e. The van der Waals surface area contributed by atoms with Crippen LogP contribution in [0, 0.1) is 0 Å². The summed E-state index contributed by atoms with van der Waals surface area (Å²) in [5.74, 6) is 0. The van der Waals surface area contributed by atoms with Gasteiger partial charge in [0.1, 0.15) is 6.33 Å². The van der Waals surface area contributed by atoms with Crippen LogP contribution in [0.15, 0.2) is 36.7 Å². The maximum absolute atomic E-state index is 6.04. The zero-order valence-corrected chi connectivity index (χ0v) is 12.1. The second-order valence-corrected chi connectivity index (χ2v) is 5.54. The molecule has 1 aromatic carbocycles. The lowest BCUT2D eigenvalue weighted by Crippen LogP contribution is -2.44. The Morgan fingerprint density at radius 2 is 2.20 bits per heavy atom. The van der Waals surface area contributed by atoms with E-state index in [9.17, 15) is 0 Å². The maximum atomic E-state index is 6.04. The topological polar surface area (TPSA) is 41.0 Å².